The second-order valence-electron chi connectivity index (χ2n) is 4.87. The molecule has 1 aliphatic rings. The summed E-state index contributed by atoms with van der Waals surface area (Å²) in [7, 11) is 0. The Bertz CT molecular complexity index is 281. The summed E-state index contributed by atoms with van der Waals surface area (Å²) in [5.74, 6) is 1.92. The number of rotatable bonds is 3. The maximum atomic E-state index is 5.40. The van der Waals surface area contributed by atoms with Gasteiger partial charge in [0.05, 0.1) is 12.3 Å². The first kappa shape index (κ1) is 10.7. The molecule has 1 N–H and O–H groups in total. The maximum absolute atomic E-state index is 5.40. The van der Waals surface area contributed by atoms with E-state index < -0.39 is 0 Å². The van der Waals surface area contributed by atoms with Crippen LogP contribution in [-0.2, 0) is 0 Å². The zero-order valence-electron chi connectivity index (χ0n) is 9.70. The molecule has 2 heteroatoms. The molecular formula is C13H21NO. The Kier molecular flexibility index (Phi) is 3.47. The summed E-state index contributed by atoms with van der Waals surface area (Å²) < 4.78 is 5.40. The summed E-state index contributed by atoms with van der Waals surface area (Å²) in [4.78, 5) is 0. The van der Waals surface area contributed by atoms with Gasteiger partial charge in [0.15, 0.2) is 0 Å². The molecule has 1 saturated carbocycles. The number of hydrogen-bond acceptors (Lipinski definition) is 2. The lowest BCUT2D eigenvalue weighted by atomic mass is 9.87. The molecule has 2 nitrogen and oxygen atoms in total. The average Bonchev–Trinajstić information content (AvgIpc) is 2.70. The van der Waals surface area contributed by atoms with Gasteiger partial charge in [-0.05, 0) is 37.8 Å². The first-order chi connectivity index (χ1) is 7.25. The lowest BCUT2D eigenvalue weighted by Gasteiger charge is -2.29. The molecule has 1 fully saturated rings. The summed E-state index contributed by atoms with van der Waals surface area (Å²) in [5.41, 5.74) is 0. The number of nitrogens with one attached hydrogen (secondary N) is 1. The van der Waals surface area contributed by atoms with E-state index in [4.69, 9.17) is 4.42 Å². The first-order valence-corrected chi connectivity index (χ1v) is 6.05. The van der Waals surface area contributed by atoms with Crippen LogP contribution in [0.2, 0.25) is 0 Å². The molecule has 15 heavy (non-hydrogen) atoms. The SMILES string of the molecule is CC1CCCC(NC(C)c2ccco2)C1. The van der Waals surface area contributed by atoms with Crippen molar-refractivity contribution in [1.82, 2.24) is 5.32 Å². The van der Waals surface area contributed by atoms with E-state index in [-0.39, 0.29) is 0 Å². The van der Waals surface area contributed by atoms with Crippen molar-refractivity contribution in [3.05, 3.63) is 24.2 Å². The fourth-order valence-electron chi connectivity index (χ4n) is 2.56. The zero-order chi connectivity index (χ0) is 10.7. The Labute approximate surface area is 92.1 Å². The van der Waals surface area contributed by atoms with Gasteiger partial charge in [0.1, 0.15) is 5.76 Å². The molecule has 0 spiro atoms. The third-order valence-electron chi connectivity index (χ3n) is 3.39. The monoisotopic (exact) mass is 207 g/mol. The second kappa shape index (κ2) is 4.84. The quantitative estimate of drug-likeness (QED) is 0.820. The Morgan fingerprint density at radius 2 is 2.33 bits per heavy atom. The molecule has 0 aliphatic heterocycles. The molecule has 0 amide bonds. The number of hydrogen-bond donors (Lipinski definition) is 1. The van der Waals surface area contributed by atoms with Crippen LogP contribution < -0.4 is 5.32 Å². The normalized spacial score (nSPS) is 28.9. The highest BCUT2D eigenvalue weighted by molar-refractivity contribution is 5.03. The van der Waals surface area contributed by atoms with Crippen molar-refractivity contribution in [2.24, 2.45) is 5.92 Å². The minimum Gasteiger partial charge on any atom is -0.468 e. The van der Waals surface area contributed by atoms with E-state index in [0.29, 0.717) is 12.1 Å². The van der Waals surface area contributed by atoms with E-state index in [1.54, 1.807) is 6.26 Å². The highest BCUT2D eigenvalue weighted by Crippen LogP contribution is 2.25. The smallest absolute Gasteiger partial charge is 0.120 e. The summed E-state index contributed by atoms with van der Waals surface area (Å²) in [6.07, 6.45) is 7.13. The first-order valence-electron chi connectivity index (χ1n) is 6.05. The minimum absolute atomic E-state index is 0.343. The van der Waals surface area contributed by atoms with Gasteiger partial charge in [-0.15, -0.1) is 0 Å². The third-order valence-corrected chi connectivity index (χ3v) is 3.39. The molecular weight excluding hydrogens is 186 g/mol. The zero-order valence-corrected chi connectivity index (χ0v) is 9.70. The predicted octanol–water partition coefficient (Wildman–Crippen LogP) is 3.51. The topological polar surface area (TPSA) is 25.2 Å². The van der Waals surface area contributed by atoms with Crippen LogP contribution in [0.25, 0.3) is 0 Å². The molecule has 0 saturated heterocycles. The number of furan rings is 1. The van der Waals surface area contributed by atoms with Gasteiger partial charge in [0, 0.05) is 6.04 Å². The summed E-state index contributed by atoms with van der Waals surface area (Å²) >= 11 is 0. The van der Waals surface area contributed by atoms with Gasteiger partial charge >= 0.3 is 0 Å². The highest BCUT2D eigenvalue weighted by Gasteiger charge is 2.21. The van der Waals surface area contributed by atoms with E-state index in [1.165, 1.54) is 25.7 Å². The van der Waals surface area contributed by atoms with Crippen LogP contribution in [-0.4, -0.2) is 6.04 Å². The van der Waals surface area contributed by atoms with E-state index in [2.05, 4.69) is 19.2 Å². The van der Waals surface area contributed by atoms with Gasteiger partial charge in [0.2, 0.25) is 0 Å². The van der Waals surface area contributed by atoms with Gasteiger partial charge in [-0.1, -0.05) is 19.8 Å². The van der Waals surface area contributed by atoms with Crippen LogP contribution in [0.15, 0.2) is 22.8 Å². The van der Waals surface area contributed by atoms with E-state index in [0.717, 1.165) is 11.7 Å². The molecule has 1 heterocycles. The fraction of sp³-hybridized carbons (Fsp3) is 0.692. The largest absolute Gasteiger partial charge is 0.468 e. The molecule has 3 atom stereocenters. The maximum Gasteiger partial charge on any atom is 0.120 e. The second-order valence-corrected chi connectivity index (χ2v) is 4.87. The lowest BCUT2D eigenvalue weighted by molar-refractivity contribution is 0.274. The molecule has 84 valence electrons. The molecule has 0 aromatic carbocycles. The van der Waals surface area contributed by atoms with Crippen molar-refractivity contribution >= 4 is 0 Å². The molecule has 1 aromatic rings. The summed E-state index contributed by atoms with van der Waals surface area (Å²) in [5, 5.41) is 3.66. The van der Waals surface area contributed by atoms with Crippen LogP contribution in [0, 0.1) is 5.92 Å². The van der Waals surface area contributed by atoms with Gasteiger partial charge in [-0.2, -0.15) is 0 Å². The van der Waals surface area contributed by atoms with Crippen molar-refractivity contribution in [3.8, 4) is 0 Å². The molecule has 0 radical (unpaired) electrons. The Morgan fingerprint density at radius 1 is 1.47 bits per heavy atom. The van der Waals surface area contributed by atoms with E-state index in [1.807, 2.05) is 12.1 Å². The van der Waals surface area contributed by atoms with E-state index >= 15 is 0 Å². The van der Waals surface area contributed by atoms with Crippen LogP contribution in [0.4, 0.5) is 0 Å². The third kappa shape index (κ3) is 2.85. The van der Waals surface area contributed by atoms with Crippen molar-refractivity contribution < 1.29 is 4.42 Å². The summed E-state index contributed by atoms with van der Waals surface area (Å²) in [6.45, 7) is 4.53. The Hall–Kier alpha value is -0.760. The van der Waals surface area contributed by atoms with Crippen molar-refractivity contribution in [1.29, 1.82) is 0 Å². The van der Waals surface area contributed by atoms with Crippen LogP contribution >= 0.6 is 0 Å². The van der Waals surface area contributed by atoms with Crippen LogP contribution in [0.1, 0.15) is 51.3 Å². The summed E-state index contributed by atoms with van der Waals surface area (Å²) in [6, 6.07) is 5.02. The van der Waals surface area contributed by atoms with Gasteiger partial charge in [-0.25, -0.2) is 0 Å². The van der Waals surface area contributed by atoms with Gasteiger partial charge < -0.3 is 9.73 Å². The van der Waals surface area contributed by atoms with Crippen LogP contribution in [0.3, 0.4) is 0 Å². The van der Waals surface area contributed by atoms with Gasteiger partial charge in [-0.3, -0.25) is 0 Å². The lowest BCUT2D eigenvalue weighted by Crippen LogP contribution is -2.35. The minimum atomic E-state index is 0.343. The van der Waals surface area contributed by atoms with Crippen molar-refractivity contribution in [3.63, 3.8) is 0 Å². The van der Waals surface area contributed by atoms with Crippen molar-refractivity contribution in [2.45, 2.75) is 51.6 Å². The van der Waals surface area contributed by atoms with E-state index in [9.17, 15) is 0 Å². The predicted molar refractivity (Wildman–Crippen MR) is 61.7 cm³/mol. The average molecular weight is 207 g/mol. The Morgan fingerprint density at radius 3 is 3.00 bits per heavy atom. The standard InChI is InChI=1S/C13H21NO/c1-10-5-3-6-12(9-10)14-11(2)13-7-4-8-15-13/h4,7-8,10-12,14H,3,5-6,9H2,1-2H3. The Balaban J connectivity index is 1.86. The molecule has 0 bridgehead atoms. The molecule has 2 rings (SSSR count). The van der Waals surface area contributed by atoms with Crippen LogP contribution in [0.5, 0.6) is 0 Å². The molecule has 1 aromatic heterocycles. The highest BCUT2D eigenvalue weighted by atomic mass is 16.3. The molecule has 1 aliphatic carbocycles. The van der Waals surface area contributed by atoms with Crippen molar-refractivity contribution in [2.75, 3.05) is 0 Å². The van der Waals surface area contributed by atoms with Gasteiger partial charge in [0.25, 0.3) is 0 Å². The fourth-order valence-corrected chi connectivity index (χ4v) is 2.56. The molecule has 3 unspecified atom stereocenters.